The van der Waals surface area contributed by atoms with Crippen LogP contribution in [0.2, 0.25) is 0 Å². The molecular weight excluding hydrogens is 510 g/mol. The SMILES string of the molecule is C/C(=C\C=C\[C@H](C)c1ccccn1)[C@@H](C=O)[C@@H](C)/C=C/[C@H](OC(=O)N1CCNCC1)[C@@](C)(O)CC[C@H](O)CC=O. The minimum absolute atomic E-state index is 0.0318. The van der Waals surface area contributed by atoms with Crippen molar-refractivity contribution in [2.75, 3.05) is 26.2 Å². The first-order valence-electron chi connectivity index (χ1n) is 14.0. The summed E-state index contributed by atoms with van der Waals surface area (Å²) in [4.78, 5) is 41.6. The summed E-state index contributed by atoms with van der Waals surface area (Å²) >= 11 is 0. The number of piperazine rings is 1. The van der Waals surface area contributed by atoms with Crippen LogP contribution in [0, 0.1) is 11.8 Å². The van der Waals surface area contributed by atoms with Crippen molar-refractivity contribution in [2.45, 2.75) is 70.7 Å². The van der Waals surface area contributed by atoms with Gasteiger partial charge in [0.15, 0.2) is 6.10 Å². The number of aldehydes is 2. The fourth-order valence-electron chi connectivity index (χ4n) is 4.50. The molecule has 1 aliphatic rings. The van der Waals surface area contributed by atoms with Crippen LogP contribution in [0.1, 0.15) is 58.6 Å². The molecule has 1 amide bonds. The number of nitrogens with zero attached hydrogens (tertiary/aromatic N) is 2. The van der Waals surface area contributed by atoms with Crippen molar-refractivity contribution in [1.29, 1.82) is 0 Å². The van der Waals surface area contributed by atoms with Gasteiger partial charge in [0.05, 0.1) is 6.10 Å². The lowest BCUT2D eigenvalue weighted by Crippen LogP contribution is -2.50. The van der Waals surface area contributed by atoms with Gasteiger partial charge in [0.2, 0.25) is 0 Å². The van der Waals surface area contributed by atoms with Crippen molar-refractivity contribution in [2.24, 2.45) is 11.8 Å². The van der Waals surface area contributed by atoms with E-state index >= 15 is 0 Å². The van der Waals surface area contributed by atoms with Gasteiger partial charge in [-0.15, -0.1) is 0 Å². The number of rotatable bonds is 15. The van der Waals surface area contributed by atoms with E-state index in [9.17, 15) is 24.6 Å². The summed E-state index contributed by atoms with van der Waals surface area (Å²) in [7, 11) is 0. The highest BCUT2D eigenvalue weighted by molar-refractivity contribution is 5.68. The molecule has 1 aromatic heterocycles. The van der Waals surface area contributed by atoms with Crippen LogP contribution in [0.4, 0.5) is 4.79 Å². The third-order valence-electron chi connectivity index (χ3n) is 7.31. The maximum Gasteiger partial charge on any atom is 0.410 e. The molecule has 0 aromatic carbocycles. The van der Waals surface area contributed by atoms with Crippen molar-refractivity contribution in [3.63, 3.8) is 0 Å². The van der Waals surface area contributed by atoms with E-state index in [-0.39, 0.29) is 31.1 Å². The number of hydrogen-bond donors (Lipinski definition) is 3. The van der Waals surface area contributed by atoms with Crippen molar-refractivity contribution in [3.8, 4) is 0 Å². The third-order valence-corrected chi connectivity index (χ3v) is 7.31. The average molecular weight is 556 g/mol. The van der Waals surface area contributed by atoms with Gasteiger partial charge in [0, 0.05) is 56.3 Å². The molecule has 9 heteroatoms. The van der Waals surface area contributed by atoms with Crippen LogP contribution in [-0.2, 0) is 14.3 Å². The van der Waals surface area contributed by atoms with Crippen LogP contribution in [0.25, 0.3) is 0 Å². The topological polar surface area (TPSA) is 129 Å². The molecule has 0 radical (unpaired) electrons. The molecule has 1 saturated heterocycles. The molecular formula is C31H45N3O6. The highest BCUT2D eigenvalue weighted by atomic mass is 16.6. The van der Waals surface area contributed by atoms with E-state index in [0.717, 1.165) is 17.6 Å². The van der Waals surface area contributed by atoms with Crippen LogP contribution in [0.5, 0.6) is 0 Å². The van der Waals surface area contributed by atoms with Crippen LogP contribution in [-0.4, -0.2) is 82.8 Å². The second kappa shape index (κ2) is 16.8. The fraction of sp³-hybridized carbons (Fsp3) is 0.548. The van der Waals surface area contributed by atoms with Crippen molar-refractivity contribution in [3.05, 3.63) is 66.0 Å². The minimum Gasteiger partial charge on any atom is -0.439 e. The molecule has 2 heterocycles. The highest BCUT2D eigenvalue weighted by Crippen LogP contribution is 2.26. The molecule has 2 rings (SSSR count). The zero-order valence-corrected chi connectivity index (χ0v) is 24.1. The van der Waals surface area contributed by atoms with Crippen LogP contribution in [0.3, 0.4) is 0 Å². The number of hydrogen-bond acceptors (Lipinski definition) is 8. The number of carbonyl (C=O) groups is 3. The Labute approximate surface area is 238 Å². The second-order valence-corrected chi connectivity index (χ2v) is 10.7. The first-order chi connectivity index (χ1) is 19.1. The molecule has 1 fully saturated rings. The molecule has 0 unspecified atom stereocenters. The number of ether oxygens (including phenoxy) is 1. The van der Waals surface area contributed by atoms with Crippen molar-refractivity contribution < 1.29 is 29.3 Å². The number of amides is 1. The van der Waals surface area contributed by atoms with Crippen LogP contribution in [0.15, 0.2) is 60.3 Å². The predicted octanol–water partition coefficient (Wildman–Crippen LogP) is 3.59. The van der Waals surface area contributed by atoms with Gasteiger partial charge in [-0.05, 0) is 50.8 Å². The predicted molar refractivity (Wildman–Crippen MR) is 155 cm³/mol. The van der Waals surface area contributed by atoms with E-state index in [0.29, 0.717) is 32.5 Å². The molecule has 220 valence electrons. The summed E-state index contributed by atoms with van der Waals surface area (Å²) in [6.45, 7) is 9.68. The van der Waals surface area contributed by atoms with E-state index in [1.165, 1.54) is 0 Å². The zero-order valence-electron chi connectivity index (χ0n) is 24.1. The van der Waals surface area contributed by atoms with Gasteiger partial charge < -0.3 is 34.8 Å². The first kappa shape index (κ1) is 33.1. The molecule has 40 heavy (non-hydrogen) atoms. The Kier molecular flexibility index (Phi) is 13.9. The summed E-state index contributed by atoms with van der Waals surface area (Å²) in [5, 5.41) is 24.4. The van der Waals surface area contributed by atoms with Gasteiger partial charge in [-0.1, -0.05) is 49.8 Å². The zero-order chi connectivity index (χ0) is 29.5. The van der Waals surface area contributed by atoms with Gasteiger partial charge in [0.1, 0.15) is 18.2 Å². The van der Waals surface area contributed by atoms with E-state index in [4.69, 9.17) is 4.74 Å². The van der Waals surface area contributed by atoms with Gasteiger partial charge in [-0.3, -0.25) is 4.98 Å². The molecule has 0 aliphatic carbocycles. The number of allylic oxidation sites excluding steroid dienone is 5. The lowest BCUT2D eigenvalue weighted by molar-refractivity contribution is -0.111. The van der Waals surface area contributed by atoms with Gasteiger partial charge in [0.25, 0.3) is 0 Å². The highest BCUT2D eigenvalue weighted by Gasteiger charge is 2.35. The standard InChI is InChI=1S/C31H45N3O6/c1-23(8-7-9-25(3)28-10-5-6-16-33-28)27(22-36)24(2)11-12-29(31(4,39)15-13-26(37)14-21-35)40-30(38)34-19-17-32-18-20-34/h5-12,16,21-22,24-27,29,32,37,39H,13-15,17-20H2,1-4H3/b9-7+,12-11+,23-8+/t24-,25-,26-,27+,29-,31-/m0/s1. The summed E-state index contributed by atoms with van der Waals surface area (Å²) in [6, 6.07) is 5.79. The van der Waals surface area contributed by atoms with Crippen molar-refractivity contribution in [1.82, 2.24) is 15.2 Å². The average Bonchev–Trinajstić information content (AvgIpc) is 2.95. The Morgan fingerprint density at radius 2 is 1.93 bits per heavy atom. The largest absolute Gasteiger partial charge is 0.439 e. The molecule has 1 aliphatic heterocycles. The van der Waals surface area contributed by atoms with Gasteiger partial charge in [-0.25, -0.2) is 4.79 Å². The smallest absolute Gasteiger partial charge is 0.410 e. The summed E-state index contributed by atoms with van der Waals surface area (Å²) in [5.41, 5.74) is 0.324. The fourth-order valence-corrected chi connectivity index (χ4v) is 4.50. The van der Waals surface area contributed by atoms with Crippen LogP contribution < -0.4 is 5.32 Å². The lowest BCUT2D eigenvalue weighted by Gasteiger charge is -2.34. The maximum atomic E-state index is 12.9. The van der Waals surface area contributed by atoms with E-state index in [1.807, 2.05) is 50.3 Å². The van der Waals surface area contributed by atoms with Crippen molar-refractivity contribution >= 4 is 18.7 Å². The van der Waals surface area contributed by atoms with Gasteiger partial charge >= 0.3 is 6.09 Å². The Balaban J connectivity index is 2.16. The Morgan fingerprint density at radius 1 is 1.20 bits per heavy atom. The summed E-state index contributed by atoms with van der Waals surface area (Å²) in [5.74, 6) is -0.544. The summed E-state index contributed by atoms with van der Waals surface area (Å²) in [6.07, 6.45) is 10.4. The number of nitrogens with one attached hydrogen (secondary N) is 1. The maximum absolute atomic E-state index is 12.9. The minimum atomic E-state index is -1.50. The molecule has 6 atom stereocenters. The van der Waals surface area contributed by atoms with Gasteiger partial charge in [-0.2, -0.15) is 0 Å². The number of pyridine rings is 1. The molecule has 0 saturated carbocycles. The Bertz CT molecular complexity index is 1020. The lowest BCUT2D eigenvalue weighted by atomic mass is 9.86. The van der Waals surface area contributed by atoms with E-state index < -0.39 is 29.8 Å². The molecule has 0 spiro atoms. The molecule has 0 bridgehead atoms. The number of aliphatic hydroxyl groups excluding tert-OH is 1. The summed E-state index contributed by atoms with van der Waals surface area (Å²) < 4.78 is 5.76. The van der Waals surface area contributed by atoms with E-state index in [1.54, 1.807) is 30.2 Å². The Morgan fingerprint density at radius 3 is 2.55 bits per heavy atom. The normalized spacial score (nSPS) is 19.9. The molecule has 9 nitrogen and oxygen atoms in total. The quantitative estimate of drug-likeness (QED) is 0.170. The number of aliphatic hydroxyl groups is 2. The second-order valence-electron chi connectivity index (χ2n) is 10.7. The monoisotopic (exact) mass is 555 g/mol. The van der Waals surface area contributed by atoms with Crippen LogP contribution >= 0.6 is 0 Å². The molecule has 3 N–H and O–H groups in total. The third kappa shape index (κ3) is 10.8. The number of aromatic nitrogens is 1. The first-order valence-corrected chi connectivity index (χ1v) is 14.0. The number of carbonyl (C=O) groups excluding carboxylic acids is 3. The Hall–Kier alpha value is -3.14. The molecule has 1 aromatic rings. The van der Waals surface area contributed by atoms with E-state index in [2.05, 4.69) is 17.2 Å².